The number of aldehydes is 1. The third kappa shape index (κ3) is 1.49. The molecule has 0 fully saturated rings. The molecule has 0 saturated carbocycles. The van der Waals surface area contributed by atoms with Crippen LogP contribution < -0.4 is 0 Å². The average molecular weight is 206 g/mol. The molecule has 14 heavy (non-hydrogen) atoms. The number of aromatic nitrogens is 1. The Balaban J connectivity index is 2.68. The van der Waals surface area contributed by atoms with Crippen molar-refractivity contribution in [3.05, 3.63) is 41.0 Å². The predicted molar refractivity (Wildman–Crippen MR) is 56.5 cm³/mol. The lowest BCUT2D eigenvalue weighted by molar-refractivity contribution is -0.107. The fourth-order valence-electron chi connectivity index (χ4n) is 1.38. The minimum Gasteiger partial charge on any atom is -0.303 e. The van der Waals surface area contributed by atoms with Crippen LogP contribution in [0.1, 0.15) is 5.56 Å². The third-order valence-corrected chi connectivity index (χ3v) is 2.53. The SMILES string of the molecule is O=CCc1cnc2ccccc2c1Cl. The zero-order valence-corrected chi connectivity index (χ0v) is 8.16. The van der Waals surface area contributed by atoms with Crippen LogP contribution in [0.25, 0.3) is 10.9 Å². The summed E-state index contributed by atoms with van der Waals surface area (Å²) in [6.45, 7) is 0. The lowest BCUT2D eigenvalue weighted by Gasteiger charge is -2.03. The van der Waals surface area contributed by atoms with Crippen LogP contribution in [-0.4, -0.2) is 11.3 Å². The molecule has 1 aromatic heterocycles. The van der Waals surface area contributed by atoms with E-state index >= 15 is 0 Å². The maximum absolute atomic E-state index is 10.4. The van der Waals surface area contributed by atoms with Crippen LogP contribution in [0.2, 0.25) is 5.02 Å². The zero-order chi connectivity index (χ0) is 9.97. The van der Waals surface area contributed by atoms with Crippen LogP contribution in [0.5, 0.6) is 0 Å². The molecule has 0 saturated heterocycles. The van der Waals surface area contributed by atoms with Crippen molar-refractivity contribution in [1.29, 1.82) is 0 Å². The van der Waals surface area contributed by atoms with Gasteiger partial charge in [-0.3, -0.25) is 4.98 Å². The number of carbonyl (C=O) groups is 1. The molecule has 2 aromatic rings. The van der Waals surface area contributed by atoms with Crippen LogP contribution in [0.3, 0.4) is 0 Å². The summed E-state index contributed by atoms with van der Waals surface area (Å²) < 4.78 is 0. The second-order valence-corrected chi connectivity index (χ2v) is 3.36. The van der Waals surface area contributed by atoms with Gasteiger partial charge in [0.15, 0.2) is 0 Å². The maximum Gasteiger partial charge on any atom is 0.124 e. The standard InChI is InChI=1S/C11H8ClNO/c12-11-8(5-6-14)7-13-10-4-2-1-3-9(10)11/h1-4,6-7H,5H2. The Kier molecular flexibility index (Phi) is 2.46. The van der Waals surface area contributed by atoms with E-state index in [1.807, 2.05) is 24.3 Å². The summed E-state index contributed by atoms with van der Waals surface area (Å²) in [5, 5.41) is 1.52. The van der Waals surface area contributed by atoms with Gasteiger partial charge < -0.3 is 4.79 Å². The van der Waals surface area contributed by atoms with Gasteiger partial charge in [0.25, 0.3) is 0 Å². The first kappa shape index (κ1) is 9.16. The number of rotatable bonds is 2. The molecule has 0 spiro atoms. The van der Waals surface area contributed by atoms with E-state index in [0.29, 0.717) is 11.4 Å². The van der Waals surface area contributed by atoms with Crippen LogP contribution >= 0.6 is 11.6 Å². The number of hydrogen-bond acceptors (Lipinski definition) is 2. The number of pyridine rings is 1. The second-order valence-electron chi connectivity index (χ2n) is 2.99. The summed E-state index contributed by atoms with van der Waals surface area (Å²) >= 11 is 6.12. The van der Waals surface area contributed by atoms with Gasteiger partial charge in [-0.05, 0) is 11.6 Å². The first-order chi connectivity index (χ1) is 6.83. The molecule has 1 aromatic carbocycles. The summed E-state index contributed by atoms with van der Waals surface area (Å²) in [6, 6.07) is 7.61. The van der Waals surface area contributed by atoms with Crippen molar-refractivity contribution in [3.8, 4) is 0 Å². The molecule has 0 aliphatic carbocycles. The maximum atomic E-state index is 10.4. The van der Waals surface area contributed by atoms with Gasteiger partial charge in [0.2, 0.25) is 0 Å². The molecule has 0 unspecified atom stereocenters. The van der Waals surface area contributed by atoms with Gasteiger partial charge in [-0.2, -0.15) is 0 Å². The molecule has 2 nitrogen and oxygen atoms in total. The van der Waals surface area contributed by atoms with E-state index < -0.39 is 0 Å². The molecular formula is C11H8ClNO. The molecule has 1 heterocycles. The molecule has 0 bridgehead atoms. The van der Waals surface area contributed by atoms with Crippen molar-refractivity contribution in [1.82, 2.24) is 4.98 Å². The molecule has 0 aliphatic rings. The first-order valence-corrected chi connectivity index (χ1v) is 4.66. The Morgan fingerprint density at radius 3 is 2.93 bits per heavy atom. The third-order valence-electron chi connectivity index (χ3n) is 2.09. The number of hydrogen-bond donors (Lipinski definition) is 0. The van der Waals surface area contributed by atoms with Gasteiger partial charge in [0.05, 0.1) is 10.5 Å². The van der Waals surface area contributed by atoms with Crippen molar-refractivity contribution in [2.75, 3.05) is 0 Å². The Morgan fingerprint density at radius 2 is 2.14 bits per heavy atom. The molecule has 0 radical (unpaired) electrons. The largest absolute Gasteiger partial charge is 0.303 e. The first-order valence-electron chi connectivity index (χ1n) is 4.28. The van der Waals surface area contributed by atoms with Gasteiger partial charge in [0, 0.05) is 18.0 Å². The van der Waals surface area contributed by atoms with E-state index in [9.17, 15) is 4.79 Å². The van der Waals surface area contributed by atoms with Crippen molar-refractivity contribution in [3.63, 3.8) is 0 Å². The van der Waals surface area contributed by atoms with E-state index in [2.05, 4.69) is 4.98 Å². The van der Waals surface area contributed by atoms with Gasteiger partial charge in [-0.15, -0.1) is 0 Å². The zero-order valence-electron chi connectivity index (χ0n) is 7.40. The Bertz CT molecular complexity index is 482. The van der Waals surface area contributed by atoms with Crippen molar-refractivity contribution >= 4 is 28.8 Å². The van der Waals surface area contributed by atoms with Crippen LogP contribution in [0.15, 0.2) is 30.5 Å². The van der Waals surface area contributed by atoms with Crippen molar-refractivity contribution < 1.29 is 4.79 Å². The topological polar surface area (TPSA) is 30.0 Å². The molecular weight excluding hydrogens is 198 g/mol. The predicted octanol–water partition coefficient (Wildman–Crippen LogP) is 2.63. The van der Waals surface area contributed by atoms with E-state index in [0.717, 1.165) is 22.8 Å². The lowest BCUT2D eigenvalue weighted by atomic mass is 10.1. The number of fused-ring (bicyclic) bond motifs is 1. The molecule has 0 atom stereocenters. The Labute approximate surface area is 86.5 Å². The van der Waals surface area contributed by atoms with Gasteiger partial charge in [-0.25, -0.2) is 0 Å². The average Bonchev–Trinajstić information content (AvgIpc) is 2.23. The van der Waals surface area contributed by atoms with Gasteiger partial charge in [-0.1, -0.05) is 29.8 Å². The summed E-state index contributed by atoms with van der Waals surface area (Å²) in [5.41, 5.74) is 1.63. The highest BCUT2D eigenvalue weighted by atomic mass is 35.5. The molecule has 3 heteroatoms. The number of carbonyl (C=O) groups excluding carboxylic acids is 1. The Morgan fingerprint density at radius 1 is 1.36 bits per heavy atom. The molecule has 0 amide bonds. The highest BCUT2D eigenvalue weighted by Gasteiger charge is 2.04. The quantitative estimate of drug-likeness (QED) is 0.706. The minimum atomic E-state index is 0.316. The fourth-order valence-corrected chi connectivity index (χ4v) is 1.67. The molecule has 2 rings (SSSR count). The normalized spacial score (nSPS) is 10.4. The lowest BCUT2D eigenvalue weighted by Crippen LogP contribution is -1.90. The number of halogens is 1. The highest BCUT2D eigenvalue weighted by Crippen LogP contribution is 2.25. The smallest absolute Gasteiger partial charge is 0.124 e. The van der Waals surface area contributed by atoms with E-state index in [1.54, 1.807) is 6.20 Å². The van der Waals surface area contributed by atoms with Crippen LogP contribution in [-0.2, 0) is 11.2 Å². The second kappa shape index (κ2) is 3.76. The monoisotopic (exact) mass is 205 g/mol. The van der Waals surface area contributed by atoms with Crippen LogP contribution in [0.4, 0.5) is 0 Å². The van der Waals surface area contributed by atoms with Gasteiger partial charge >= 0.3 is 0 Å². The summed E-state index contributed by atoms with van der Waals surface area (Å²) in [6.07, 6.45) is 2.80. The van der Waals surface area contributed by atoms with Gasteiger partial charge in [0.1, 0.15) is 6.29 Å². The van der Waals surface area contributed by atoms with E-state index in [4.69, 9.17) is 11.6 Å². The molecule has 70 valence electrons. The molecule has 0 N–H and O–H groups in total. The van der Waals surface area contributed by atoms with Crippen LogP contribution in [0, 0.1) is 0 Å². The van der Waals surface area contributed by atoms with E-state index in [-0.39, 0.29) is 0 Å². The number of benzene rings is 1. The van der Waals surface area contributed by atoms with Crippen molar-refractivity contribution in [2.24, 2.45) is 0 Å². The van der Waals surface area contributed by atoms with Crippen molar-refractivity contribution in [2.45, 2.75) is 6.42 Å². The fraction of sp³-hybridized carbons (Fsp3) is 0.0909. The summed E-state index contributed by atoms with van der Waals surface area (Å²) in [5.74, 6) is 0. The molecule has 0 aliphatic heterocycles. The highest BCUT2D eigenvalue weighted by molar-refractivity contribution is 6.36. The summed E-state index contributed by atoms with van der Waals surface area (Å²) in [7, 11) is 0. The summed E-state index contributed by atoms with van der Waals surface area (Å²) in [4.78, 5) is 14.6. The minimum absolute atomic E-state index is 0.316. The van der Waals surface area contributed by atoms with E-state index in [1.165, 1.54) is 0 Å². The number of nitrogens with zero attached hydrogens (tertiary/aromatic N) is 1. The Hall–Kier alpha value is -1.41. The number of para-hydroxylation sites is 1.